The summed E-state index contributed by atoms with van der Waals surface area (Å²) in [5, 5.41) is 6.43. The third kappa shape index (κ3) is 5.04. The van der Waals surface area contributed by atoms with Gasteiger partial charge in [-0.25, -0.2) is 4.79 Å². The molecule has 0 bridgehead atoms. The molecule has 0 amide bonds. The van der Waals surface area contributed by atoms with Crippen LogP contribution in [0.2, 0.25) is 0 Å². The lowest BCUT2D eigenvalue weighted by Gasteiger charge is -2.24. The normalized spacial score (nSPS) is 20.2. The van der Waals surface area contributed by atoms with Crippen LogP contribution in [0.1, 0.15) is 81.6 Å². The molecular weight excluding hydrogens is 460 g/mol. The van der Waals surface area contributed by atoms with Crippen LogP contribution in [0.25, 0.3) is 21.8 Å². The molecule has 5 rings (SSSR count). The van der Waals surface area contributed by atoms with E-state index in [1.165, 1.54) is 32.6 Å². The van der Waals surface area contributed by atoms with E-state index in [0.717, 1.165) is 58.0 Å². The number of fused-ring (bicyclic) bond motifs is 3. The van der Waals surface area contributed by atoms with Crippen molar-refractivity contribution < 1.29 is 14.4 Å². The second-order valence-corrected chi connectivity index (χ2v) is 10.8. The number of hydrogen-bond acceptors (Lipinski definition) is 4. The first-order valence-electron chi connectivity index (χ1n) is 13.6. The third-order valence-electron chi connectivity index (χ3n) is 8.10. The first-order valence-corrected chi connectivity index (χ1v) is 13.6. The maximum Gasteiger partial charge on any atom is 0.331 e. The summed E-state index contributed by atoms with van der Waals surface area (Å²) in [6.45, 7) is 6.36. The van der Waals surface area contributed by atoms with Crippen LogP contribution in [-0.4, -0.2) is 22.0 Å². The average Bonchev–Trinajstić information content (AvgIpc) is 3.53. The SMILES string of the molecule is CCn1c2ccc(C(=O)C3(C)C=CC=CC3)cc2c2cc(C(CCC3CCCC3)=NOC(C)=O)ccc21. The van der Waals surface area contributed by atoms with E-state index >= 15 is 0 Å². The van der Waals surface area contributed by atoms with Crippen LogP contribution in [0.5, 0.6) is 0 Å². The molecule has 3 aromatic rings. The maximum atomic E-state index is 13.6. The van der Waals surface area contributed by atoms with E-state index in [1.54, 1.807) is 0 Å². The first kappa shape index (κ1) is 25.2. The summed E-state index contributed by atoms with van der Waals surface area (Å²) in [5.74, 6) is 0.439. The number of rotatable bonds is 8. The summed E-state index contributed by atoms with van der Waals surface area (Å²) in [7, 11) is 0. The molecule has 2 aromatic carbocycles. The molecule has 1 saturated carbocycles. The van der Waals surface area contributed by atoms with Gasteiger partial charge in [0.05, 0.1) is 11.1 Å². The van der Waals surface area contributed by atoms with Gasteiger partial charge in [0.1, 0.15) is 0 Å². The van der Waals surface area contributed by atoms with Gasteiger partial charge in [0.15, 0.2) is 5.78 Å². The monoisotopic (exact) mass is 496 g/mol. The number of benzene rings is 2. The molecule has 192 valence electrons. The van der Waals surface area contributed by atoms with Crippen molar-refractivity contribution >= 4 is 39.3 Å². The second-order valence-electron chi connectivity index (χ2n) is 10.8. The highest BCUT2D eigenvalue weighted by molar-refractivity contribution is 6.14. The fourth-order valence-corrected chi connectivity index (χ4v) is 5.99. The lowest BCUT2D eigenvalue weighted by Crippen LogP contribution is -2.26. The predicted octanol–water partition coefficient (Wildman–Crippen LogP) is 7.76. The number of aromatic nitrogens is 1. The summed E-state index contributed by atoms with van der Waals surface area (Å²) in [6.07, 6.45) is 15.7. The Bertz CT molecular complexity index is 1440. The Hall–Kier alpha value is -3.47. The second kappa shape index (κ2) is 10.5. The number of ketones is 1. The number of oxime groups is 1. The van der Waals surface area contributed by atoms with Gasteiger partial charge < -0.3 is 9.40 Å². The molecule has 1 unspecified atom stereocenters. The molecule has 0 saturated heterocycles. The van der Waals surface area contributed by atoms with Crippen LogP contribution in [-0.2, 0) is 16.2 Å². The summed E-state index contributed by atoms with van der Waals surface area (Å²) >= 11 is 0. The molecular formula is C32H36N2O3. The Balaban J connectivity index is 1.57. The maximum absolute atomic E-state index is 13.6. The summed E-state index contributed by atoms with van der Waals surface area (Å²) in [4.78, 5) is 30.2. The van der Waals surface area contributed by atoms with E-state index in [4.69, 9.17) is 4.84 Å². The number of Topliss-reactive ketones (excluding diaryl/α,β-unsaturated/α-hetero) is 1. The molecule has 1 aromatic heterocycles. The molecule has 2 aliphatic carbocycles. The van der Waals surface area contributed by atoms with Gasteiger partial charge in [-0.05, 0) is 69.4 Å². The zero-order chi connectivity index (χ0) is 26.0. The molecule has 1 atom stereocenters. The van der Waals surface area contributed by atoms with Crippen LogP contribution < -0.4 is 0 Å². The van der Waals surface area contributed by atoms with E-state index in [-0.39, 0.29) is 5.78 Å². The van der Waals surface area contributed by atoms with Crippen LogP contribution in [0.3, 0.4) is 0 Å². The highest BCUT2D eigenvalue weighted by Gasteiger charge is 2.31. The standard InChI is InChI=1S/C32H36N2O3/c1-4-34-29-16-13-24(28(33-37-22(2)35)15-12-23-10-6-7-11-23)20-26(29)27-21-25(14-17-30(27)34)31(36)32(3)18-8-5-9-19-32/h5,8-9,13-14,16-18,20-21,23H,4,6-7,10-12,15,19H2,1-3H3. The number of carbonyl (C=O) groups is 2. The summed E-state index contributed by atoms with van der Waals surface area (Å²) in [6, 6.07) is 12.4. The molecule has 5 nitrogen and oxygen atoms in total. The van der Waals surface area contributed by atoms with Crippen LogP contribution >= 0.6 is 0 Å². The van der Waals surface area contributed by atoms with E-state index < -0.39 is 11.4 Å². The van der Waals surface area contributed by atoms with Gasteiger partial charge in [-0.15, -0.1) is 0 Å². The topological polar surface area (TPSA) is 60.7 Å². The van der Waals surface area contributed by atoms with E-state index in [2.05, 4.69) is 53.1 Å². The Kier molecular flexibility index (Phi) is 7.14. The van der Waals surface area contributed by atoms with Crippen molar-refractivity contribution in [2.24, 2.45) is 16.5 Å². The highest BCUT2D eigenvalue weighted by atomic mass is 16.7. The van der Waals surface area contributed by atoms with Gasteiger partial charge >= 0.3 is 5.97 Å². The number of carbonyl (C=O) groups excluding carboxylic acids is 2. The summed E-state index contributed by atoms with van der Waals surface area (Å²) < 4.78 is 2.29. The fourth-order valence-electron chi connectivity index (χ4n) is 5.99. The number of aryl methyl sites for hydroxylation is 1. The summed E-state index contributed by atoms with van der Waals surface area (Å²) in [5.41, 5.74) is 4.21. The van der Waals surface area contributed by atoms with Crippen molar-refractivity contribution in [1.82, 2.24) is 4.57 Å². The third-order valence-corrected chi connectivity index (χ3v) is 8.10. The van der Waals surface area contributed by atoms with Crippen molar-refractivity contribution in [2.75, 3.05) is 0 Å². The zero-order valence-corrected chi connectivity index (χ0v) is 22.1. The molecule has 0 aliphatic heterocycles. The number of nitrogens with zero attached hydrogens (tertiary/aromatic N) is 2. The van der Waals surface area contributed by atoms with Gasteiger partial charge in [0.25, 0.3) is 0 Å². The van der Waals surface area contributed by atoms with Gasteiger partial charge in [-0.2, -0.15) is 0 Å². The minimum Gasteiger partial charge on any atom is -0.341 e. The number of hydrogen-bond donors (Lipinski definition) is 0. The largest absolute Gasteiger partial charge is 0.341 e. The van der Waals surface area contributed by atoms with E-state index in [0.29, 0.717) is 12.3 Å². The van der Waals surface area contributed by atoms with Crippen molar-refractivity contribution in [1.29, 1.82) is 0 Å². The zero-order valence-electron chi connectivity index (χ0n) is 22.1. The van der Waals surface area contributed by atoms with Crippen LogP contribution in [0.4, 0.5) is 0 Å². The Morgan fingerprint density at radius 2 is 1.70 bits per heavy atom. The van der Waals surface area contributed by atoms with Crippen molar-refractivity contribution in [3.05, 3.63) is 71.8 Å². The molecule has 5 heteroatoms. The minimum atomic E-state index is -0.527. The Morgan fingerprint density at radius 3 is 2.32 bits per heavy atom. The molecule has 1 heterocycles. The molecule has 0 radical (unpaired) electrons. The van der Waals surface area contributed by atoms with Crippen molar-refractivity contribution in [3.8, 4) is 0 Å². The molecule has 37 heavy (non-hydrogen) atoms. The van der Waals surface area contributed by atoms with Gasteiger partial charge in [0, 0.05) is 46.4 Å². The quantitative estimate of drug-likeness (QED) is 0.139. The van der Waals surface area contributed by atoms with E-state index in [1.807, 2.05) is 31.2 Å². The number of allylic oxidation sites excluding steroid dienone is 4. The van der Waals surface area contributed by atoms with Crippen LogP contribution in [0.15, 0.2) is 65.9 Å². The van der Waals surface area contributed by atoms with E-state index in [9.17, 15) is 9.59 Å². The lowest BCUT2D eigenvalue weighted by molar-refractivity contribution is -0.140. The lowest BCUT2D eigenvalue weighted by atomic mass is 9.77. The van der Waals surface area contributed by atoms with Crippen LogP contribution in [0, 0.1) is 11.3 Å². The highest BCUT2D eigenvalue weighted by Crippen LogP contribution is 2.36. The average molecular weight is 497 g/mol. The van der Waals surface area contributed by atoms with Gasteiger partial charge in [0.2, 0.25) is 0 Å². The van der Waals surface area contributed by atoms with Gasteiger partial charge in [-0.3, -0.25) is 4.79 Å². The molecule has 2 aliphatic rings. The fraction of sp³-hybridized carbons (Fsp3) is 0.406. The first-order chi connectivity index (χ1) is 17.9. The van der Waals surface area contributed by atoms with Crippen molar-refractivity contribution in [2.45, 2.75) is 72.3 Å². The van der Waals surface area contributed by atoms with Crippen molar-refractivity contribution in [3.63, 3.8) is 0 Å². The predicted molar refractivity (Wildman–Crippen MR) is 150 cm³/mol. The van der Waals surface area contributed by atoms with Gasteiger partial charge in [-0.1, -0.05) is 61.2 Å². The molecule has 1 fully saturated rings. The minimum absolute atomic E-state index is 0.136. The Labute approximate surface area is 218 Å². The Morgan fingerprint density at radius 1 is 1.03 bits per heavy atom. The smallest absolute Gasteiger partial charge is 0.331 e. The molecule has 0 spiro atoms. The molecule has 0 N–H and O–H groups in total.